The number of aryl methyl sites for hydroxylation is 2. The minimum atomic E-state index is -0.604. The number of hydrogen-bond acceptors (Lipinski definition) is 6. The van der Waals surface area contributed by atoms with E-state index in [2.05, 4.69) is 28.2 Å². The highest BCUT2D eigenvalue weighted by Crippen LogP contribution is 2.22. The van der Waals surface area contributed by atoms with Crippen molar-refractivity contribution < 1.29 is 14.3 Å². The van der Waals surface area contributed by atoms with Crippen molar-refractivity contribution >= 4 is 29.3 Å². The number of carbonyl (C=O) groups is 2. The van der Waals surface area contributed by atoms with Gasteiger partial charge in [-0.3, -0.25) is 14.2 Å². The number of para-hydroxylation sites is 1. The normalized spacial score (nSPS) is 10.6. The van der Waals surface area contributed by atoms with Gasteiger partial charge in [0.25, 0.3) is 5.91 Å². The van der Waals surface area contributed by atoms with E-state index in [1.54, 1.807) is 30.3 Å². The second-order valence-corrected chi connectivity index (χ2v) is 8.04. The lowest BCUT2D eigenvalue weighted by molar-refractivity contribution is -0.113. The first-order chi connectivity index (χ1) is 15.4. The number of thioether (sulfide) groups is 1. The summed E-state index contributed by atoms with van der Waals surface area (Å²) in [6.45, 7) is 8.53. The first-order valence-electron chi connectivity index (χ1n) is 9.93. The van der Waals surface area contributed by atoms with Crippen LogP contribution in [0.15, 0.2) is 60.3 Å². The molecule has 1 aromatic heterocycles. The Hall–Kier alpha value is -3.59. The molecule has 2 aromatic carbocycles. The fourth-order valence-corrected chi connectivity index (χ4v) is 3.84. The minimum Gasteiger partial charge on any atom is -0.485 e. The molecule has 0 aliphatic heterocycles. The summed E-state index contributed by atoms with van der Waals surface area (Å²) >= 11 is 1.23. The van der Waals surface area contributed by atoms with Crippen LogP contribution in [0.3, 0.4) is 0 Å². The number of carbonyl (C=O) groups excluding carboxylic acids is 2. The second kappa shape index (κ2) is 10.6. The number of rotatable bonds is 10. The van der Waals surface area contributed by atoms with Crippen LogP contribution in [-0.4, -0.2) is 32.3 Å². The van der Waals surface area contributed by atoms with Crippen molar-refractivity contribution in [3.63, 3.8) is 0 Å². The number of primary amides is 1. The zero-order valence-corrected chi connectivity index (χ0v) is 18.8. The van der Waals surface area contributed by atoms with Crippen LogP contribution in [0.5, 0.6) is 5.75 Å². The minimum absolute atomic E-state index is 0.0836. The van der Waals surface area contributed by atoms with Crippen molar-refractivity contribution in [2.24, 2.45) is 5.73 Å². The summed E-state index contributed by atoms with van der Waals surface area (Å²) in [6.07, 6.45) is 1.73. The third-order valence-electron chi connectivity index (χ3n) is 4.59. The van der Waals surface area contributed by atoms with Crippen LogP contribution in [0.4, 0.5) is 5.69 Å². The fourth-order valence-electron chi connectivity index (χ4n) is 3.07. The number of nitrogens with two attached hydrogens (primary N) is 1. The zero-order chi connectivity index (χ0) is 23.1. The van der Waals surface area contributed by atoms with Crippen molar-refractivity contribution in [2.45, 2.75) is 32.2 Å². The number of nitrogens with zero attached hydrogens (tertiary/aromatic N) is 3. The molecule has 0 spiro atoms. The molecule has 0 fully saturated rings. The molecule has 3 aromatic rings. The van der Waals surface area contributed by atoms with Crippen molar-refractivity contribution in [1.82, 2.24) is 14.8 Å². The maximum atomic E-state index is 12.4. The molecule has 0 unspecified atom stereocenters. The standard InChI is InChI=1S/C23H25N5O3S/c1-4-11-28-20(13-31-19-10-9-15(2)12-16(19)3)26-27-23(28)32-14-21(29)25-18-8-6-5-7-17(18)22(24)30/h4-10,12H,1,11,13-14H2,2-3H3,(H2,24,30)(H,25,29). The number of hydrogen-bond donors (Lipinski definition) is 2. The molecule has 0 saturated carbocycles. The molecule has 32 heavy (non-hydrogen) atoms. The predicted octanol–water partition coefficient (Wildman–Crippen LogP) is 3.49. The van der Waals surface area contributed by atoms with Crippen LogP contribution >= 0.6 is 11.8 Å². The SMILES string of the molecule is C=CCn1c(COc2ccc(C)cc2C)nnc1SCC(=O)Nc1ccccc1C(N)=O. The van der Waals surface area contributed by atoms with Gasteiger partial charge in [-0.1, -0.05) is 47.7 Å². The lowest BCUT2D eigenvalue weighted by atomic mass is 10.1. The average molecular weight is 452 g/mol. The second-order valence-electron chi connectivity index (χ2n) is 7.10. The van der Waals surface area contributed by atoms with Gasteiger partial charge in [0, 0.05) is 6.54 Å². The number of benzene rings is 2. The van der Waals surface area contributed by atoms with Crippen LogP contribution in [0.2, 0.25) is 0 Å². The molecule has 0 bridgehead atoms. The molecule has 8 nitrogen and oxygen atoms in total. The number of allylic oxidation sites excluding steroid dienone is 1. The quantitative estimate of drug-likeness (QED) is 0.360. The van der Waals surface area contributed by atoms with Gasteiger partial charge in [0.2, 0.25) is 5.91 Å². The lowest BCUT2D eigenvalue weighted by Crippen LogP contribution is -2.19. The maximum absolute atomic E-state index is 12.4. The van der Waals surface area contributed by atoms with E-state index >= 15 is 0 Å². The van der Waals surface area contributed by atoms with Gasteiger partial charge >= 0.3 is 0 Å². The molecule has 1 heterocycles. The topological polar surface area (TPSA) is 112 Å². The molecular weight excluding hydrogens is 426 g/mol. The first kappa shape index (κ1) is 23.1. The van der Waals surface area contributed by atoms with Gasteiger partial charge in [-0.25, -0.2) is 0 Å². The van der Waals surface area contributed by atoms with Gasteiger partial charge < -0.3 is 15.8 Å². The molecule has 0 aliphatic rings. The highest BCUT2D eigenvalue weighted by Gasteiger charge is 2.16. The van der Waals surface area contributed by atoms with Crippen LogP contribution in [0, 0.1) is 13.8 Å². The van der Waals surface area contributed by atoms with Crippen molar-refractivity contribution in [3.05, 3.63) is 77.6 Å². The molecular formula is C23H25N5O3S. The van der Waals surface area contributed by atoms with Gasteiger partial charge in [0.1, 0.15) is 12.4 Å². The Morgan fingerprint density at radius 1 is 1.22 bits per heavy atom. The van der Waals surface area contributed by atoms with Crippen molar-refractivity contribution in [1.29, 1.82) is 0 Å². The van der Waals surface area contributed by atoms with Gasteiger partial charge in [-0.2, -0.15) is 0 Å². The molecule has 166 valence electrons. The van der Waals surface area contributed by atoms with E-state index in [4.69, 9.17) is 10.5 Å². The Balaban J connectivity index is 1.65. The fraction of sp³-hybridized carbons (Fsp3) is 0.217. The molecule has 3 rings (SSSR count). The Kier molecular flexibility index (Phi) is 7.67. The molecule has 9 heteroatoms. The highest BCUT2D eigenvalue weighted by molar-refractivity contribution is 7.99. The summed E-state index contributed by atoms with van der Waals surface area (Å²) in [7, 11) is 0. The van der Waals surface area contributed by atoms with E-state index in [0.717, 1.165) is 11.3 Å². The van der Waals surface area contributed by atoms with E-state index in [0.29, 0.717) is 23.2 Å². The van der Waals surface area contributed by atoms with E-state index in [1.807, 2.05) is 30.5 Å². The molecule has 2 amide bonds. The molecule has 0 radical (unpaired) electrons. The summed E-state index contributed by atoms with van der Waals surface area (Å²) in [5, 5.41) is 11.7. The Morgan fingerprint density at radius 3 is 2.72 bits per heavy atom. The van der Waals surface area contributed by atoms with Gasteiger partial charge in [0.15, 0.2) is 11.0 Å². The van der Waals surface area contributed by atoms with E-state index < -0.39 is 5.91 Å². The number of nitrogens with one attached hydrogen (secondary N) is 1. The maximum Gasteiger partial charge on any atom is 0.250 e. The smallest absolute Gasteiger partial charge is 0.250 e. The Morgan fingerprint density at radius 2 is 2.00 bits per heavy atom. The number of ether oxygens (including phenoxy) is 1. The summed E-state index contributed by atoms with van der Waals surface area (Å²) in [5.74, 6) is 0.607. The molecule has 0 atom stereocenters. The largest absolute Gasteiger partial charge is 0.485 e. The number of amides is 2. The summed E-state index contributed by atoms with van der Waals surface area (Å²) in [5.41, 5.74) is 8.20. The van der Waals surface area contributed by atoms with E-state index in [1.165, 1.54) is 17.3 Å². The zero-order valence-electron chi connectivity index (χ0n) is 18.0. The van der Waals surface area contributed by atoms with Crippen LogP contribution in [-0.2, 0) is 17.9 Å². The van der Waals surface area contributed by atoms with Crippen LogP contribution in [0.1, 0.15) is 27.3 Å². The Bertz CT molecular complexity index is 1140. The molecule has 3 N–H and O–H groups in total. The number of anilines is 1. The van der Waals surface area contributed by atoms with E-state index in [-0.39, 0.29) is 23.8 Å². The van der Waals surface area contributed by atoms with Crippen LogP contribution < -0.4 is 15.8 Å². The molecule has 0 saturated heterocycles. The monoisotopic (exact) mass is 451 g/mol. The highest BCUT2D eigenvalue weighted by atomic mass is 32.2. The predicted molar refractivity (Wildman–Crippen MR) is 125 cm³/mol. The third-order valence-corrected chi connectivity index (χ3v) is 5.56. The third kappa shape index (κ3) is 5.76. The van der Waals surface area contributed by atoms with Gasteiger partial charge in [-0.05, 0) is 37.6 Å². The van der Waals surface area contributed by atoms with Crippen LogP contribution in [0.25, 0.3) is 0 Å². The van der Waals surface area contributed by atoms with Gasteiger partial charge in [0.05, 0.1) is 17.0 Å². The summed E-state index contributed by atoms with van der Waals surface area (Å²) in [4.78, 5) is 24.0. The van der Waals surface area contributed by atoms with E-state index in [9.17, 15) is 9.59 Å². The lowest BCUT2D eigenvalue weighted by Gasteiger charge is -2.11. The molecule has 0 aliphatic carbocycles. The number of aromatic nitrogens is 3. The van der Waals surface area contributed by atoms with Crippen molar-refractivity contribution in [2.75, 3.05) is 11.1 Å². The average Bonchev–Trinajstić information content (AvgIpc) is 3.14. The van der Waals surface area contributed by atoms with Crippen molar-refractivity contribution in [3.8, 4) is 5.75 Å². The summed E-state index contributed by atoms with van der Waals surface area (Å²) < 4.78 is 7.78. The van der Waals surface area contributed by atoms with Gasteiger partial charge in [-0.15, -0.1) is 16.8 Å². The first-order valence-corrected chi connectivity index (χ1v) is 10.9. The Labute approximate surface area is 190 Å². The summed E-state index contributed by atoms with van der Waals surface area (Å²) in [6, 6.07) is 12.6.